The van der Waals surface area contributed by atoms with Crippen molar-refractivity contribution in [2.45, 2.75) is 50.7 Å². The van der Waals surface area contributed by atoms with Gasteiger partial charge < -0.3 is 14.8 Å². The average Bonchev–Trinajstić information content (AvgIpc) is 2.75. The first-order valence-electron chi connectivity index (χ1n) is 9.79. The van der Waals surface area contributed by atoms with Crippen LogP contribution in [-0.4, -0.2) is 23.5 Å². The SMILES string of the molecule is C[C@H](OC(=O)c1cccc(Oc2ccccc2)c1)C(=O)NC1(C#N)CCCCC1. The van der Waals surface area contributed by atoms with Gasteiger partial charge in [-0.2, -0.15) is 5.26 Å². The van der Waals surface area contributed by atoms with Crippen molar-refractivity contribution in [3.8, 4) is 17.6 Å². The van der Waals surface area contributed by atoms with Gasteiger partial charge in [0.1, 0.15) is 17.0 Å². The highest BCUT2D eigenvalue weighted by Gasteiger charge is 2.35. The minimum Gasteiger partial charge on any atom is -0.457 e. The van der Waals surface area contributed by atoms with Crippen LogP contribution in [0.3, 0.4) is 0 Å². The lowest BCUT2D eigenvalue weighted by molar-refractivity contribution is -0.130. The number of rotatable bonds is 6. The number of amides is 1. The van der Waals surface area contributed by atoms with Crippen molar-refractivity contribution in [1.82, 2.24) is 5.32 Å². The van der Waals surface area contributed by atoms with Crippen LogP contribution in [0.5, 0.6) is 11.5 Å². The zero-order chi connectivity index (χ0) is 20.7. The third-order valence-electron chi connectivity index (χ3n) is 4.99. The smallest absolute Gasteiger partial charge is 0.339 e. The molecule has 0 aliphatic heterocycles. The largest absolute Gasteiger partial charge is 0.457 e. The summed E-state index contributed by atoms with van der Waals surface area (Å²) in [7, 11) is 0. The number of nitriles is 1. The third-order valence-corrected chi connectivity index (χ3v) is 4.99. The molecule has 1 aliphatic rings. The number of para-hydroxylation sites is 1. The Balaban J connectivity index is 1.61. The molecule has 1 amide bonds. The summed E-state index contributed by atoms with van der Waals surface area (Å²) < 4.78 is 11.0. The van der Waals surface area contributed by atoms with E-state index in [0.29, 0.717) is 24.3 Å². The molecule has 2 aromatic rings. The summed E-state index contributed by atoms with van der Waals surface area (Å²) in [5.74, 6) is 0.0627. The number of hydrogen-bond acceptors (Lipinski definition) is 5. The van der Waals surface area contributed by atoms with E-state index in [1.807, 2.05) is 30.3 Å². The fourth-order valence-electron chi connectivity index (χ4n) is 3.35. The Kier molecular flexibility index (Phi) is 6.50. The standard InChI is InChI=1S/C23H24N2O4/c1-17(21(26)25-23(16-24)13-6-3-7-14-23)28-22(27)18-9-8-12-20(15-18)29-19-10-4-2-5-11-19/h2,4-5,8-12,15,17H,3,6-7,13-14H2,1H3,(H,25,26)/t17-/m0/s1. The van der Waals surface area contributed by atoms with E-state index in [1.54, 1.807) is 24.3 Å². The van der Waals surface area contributed by atoms with Gasteiger partial charge in [0.2, 0.25) is 0 Å². The van der Waals surface area contributed by atoms with E-state index in [1.165, 1.54) is 6.92 Å². The molecule has 1 atom stereocenters. The first-order chi connectivity index (χ1) is 14.0. The van der Waals surface area contributed by atoms with Gasteiger partial charge in [-0.05, 0) is 50.1 Å². The highest BCUT2D eigenvalue weighted by Crippen LogP contribution is 2.28. The molecule has 1 N–H and O–H groups in total. The van der Waals surface area contributed by atoms with Crippen LogP contribution in [-0.2, 0) is 9.53 Å². The van der Waals surface area contributed by atoms with Gasteiger partial charge in [-0.3, -0.25) is 4.79 Å². The van der Waals surface area contributed by atoms with Crippen molar-refractivity contribution in [3.05, 3.63) is 60.2 Å². The molecule has 0 aromatic heterocycles. The first kappa shape index (κ1) is 20.4. The van der Waals surface area contributed by atoms with Gasteiger partial charge in [-0.25, -0.2) is 4.79 Å². The topological polar surface area (TPSA) is 88.4 Å². The highest BCUT2D eigenvalue weighted by atomic mass is 16.5. The van der Waals surface area contributed by atoms with Crippen molar-refractivity contribution in [2.75, 3.05) is 0 Å². The summed E-state index contributed by atoms with van der Waals surface area (Å²) >= 11 is 0. The van der Waals surface area contributed by atoms with Crippen molar-refractivity contribution in [1.29, 1.82) is 5.26 Å². The quantitative estimate of drug-likeness (QED) is 0.738. The third kappa shape index (κ3) is 5.35. The Labute approximate surface area is 170 Å². The summed E-state index contributed by atoms with van der Waals surface area (Å²) in [5, 5.41) is 12.3. The molecule has 0 heterocycles. The number of hydrogen-bond donors (Lipinski definition) is 1. The lowest BCUT2D eigenvalue weighted by Gasteiger charge is -2.32. The molecule has 0 saturated heterocycles. The number of nitrogens with one attached hydrogen (secondary N) is 1. The van der Waals surface area contributed by atoms with E-state index in [9.17, 15) is 14.9 Å². The van der Waals surface area contributed by atoms with E-state index in [-0.39, 0.29) is 5.56 Å². The number of ether oxygens (including phenoxy) is 2. The fraction of sp³-hybridized carbons (Fsp3) is 0.348. The fourth-order valence-corrected chi connectivity index (χ4v) is 3.35. The van der Waals surface area contributed by atoms with Crippen LogP contribution in [0.15, 0.2) is 54.6 Å². The molecule has 1 aliphatic carbocycles. The maximum atomic E-state index is 12.5. The molecule has 0 unspecified atom stereocenters. The Morgan fingerprint density at radius 2 is 1.72 bits per heavy atom. The monoisotopic (exact) mass is 392 g/mol. The Morgan fingerprint density at radius 1 is 1.03 bits per heavy atom. The molecule has 0 spiro atoms. The lowest BCUT2D eigenvalue weighted by Crippen LogP contribution is -2.52. The summed E-state index contributed by atoms with van der Waals surface area (Å²) in [6.45, 7) is 1.51. The van der Waals surface area contributed by atoms with Crippen LogP contribution in [0.1, 0.15) is 49.4 Å². The number of carbonyl (C=O) groups is 2. The number of benzene rings is 2. The molecule has 150 valence electrons. The van der Waals surface area contributed by atoms with Crippen molar-refractivity contribution in [3.63, 3.8) is 0 Å². The van der Waals surface area contributed by atoms with Crippen LogP contribution < -0.4 is 10.1 Å². The highest BCUT2D eigenvalue weighted by molar-refractivity contribution is 5.92. The molecule has 3 rings (SSSR count). The van der Waals surface area contributed by atoms with Crippen molar-refractivity contribution in [2.24, 2.45) is 0 Å². The van der Waals surface area contributed by atoms with Crippen LogP contribution in [0.2, 0.25) is 0 Å². The van der Waals surface area contributed by atoms with Gasteiger partial charge in [0.05, 0.1) is 11.6 Å². The molecule has 1 fully saturated rings. The predicted molar refractivity (Wildman–Crippen MR) is 107 cm³/mol. The maximum absolute atomic E-state index is 12.5. The Hall–Kier alpha value is -3.33. The number of esters is 1. The summed E-state index contributed by atoms with van der Waals surface area (Å²) in [5.41, 5.74) is -0.579. The van der Waals surface area contributed by atoms with Crippen LogP contribution in [0, 0.1) is 11.3 Å². The average molecular weight is 392 g/mol. The van der Waals surface area contributed by atoms with Crippen molar-refractivity contribution >= 4 is 11.9 Å². The van der Waals surface area contributed by atoms with Gasteiger partial charge in [0.15, 0.2) is 6.10 Å². The van der Waals surface area contributed by atoms with E-state index in [4.69, 9.17) is 9.47 Å². The minimum atomic E-state index is -1.01. The molecule has 0 bridgehead atoms. The second-order valence-electron chi connectivity index (χ2n) is 7.23. The zero-order valence-electron chi connectivity index (χ0n) is 16.4. The van der Waals surface area contributed by atoms with Crippen LogP contribution >= 0.6 is 0 Å². The van der Waals surface area contributed by atoms with Gasteiger partial charge in [-0.15, -0.1) is 0 Å². The Bertz CT molecular complexity index is 899. The van der Waals surface area contributed by atoms with E-state index in [2.05, 4.69) is 11.4 Å². The molecule has 1 saturated carbocycles. The Morgan fingerprint density at radius 3 is 2.41 bits per heavy atom. The maximum Gasteiger partial charge on any atom is 0.339 e. The second kappa shape index (κ2) is 9.24. The minimum absolute atomic E-state index is 0.283. The molecule has 29 heavy (non-hydrogen) atoms. The van der Waals surface area contributed by atoms with Crippen LogP contribution in [0.25, 0.3) is 0 Å². The van der Waals surface area contributed by atoms with Gasteiger partial charge >= 0.3 is 5.97 Å². The first-order valence-corrected chi connectivity index (χ1v) is 9.79. The summed E-state index contributed by atoms with van der Waals surface area (Å²) in [6, 6.07) is 18.0. The van der Waals surface area contributed by atoms with Gasteiger partial charge in [0.25, 0.3) is 5.91 Å². The second-order valence-corrected chi connectivity index (χ2v) is 7.23. The van der Waals surface area contributed by atoms with Crippen molar-refractivity contribution < 1.29 is 19.1 Å². The molecular formula is C23H24N2O4. The normalized spacial score (nSPS) is 16.1. The molecule has 0 radical (unpaired) electrons. The predicted octanol–water partition coefficient (Wildman–Crippen LogP) is 4.37. The molecule has 2 aromatic carbocycles. The summed E-state index contributed by atoms with van der Waals surface area (Å²) in [4.78, 5) is 25.0. The van der Waals surface area contributed by atoms with Gasteiger partial charge in [0, 0.05) is 0 Å². The van der Waals surface area contributed by atoms with E-state index >= 15 is 0 Å². The summed E-state index contributed by atoms with van der Waals surface area (Å²) in [6.07, 6.45) is 3.09. The van der Waals surface area contributed by atoms with Gasteiger partial charge in [-0.1, -0.05) is 43.5 Å². The molecular weight excluding hydrogens is 368 g/mol. The molecule has 6 heteroatoms. The van der Waals surface area contributed by atoms with E-state index < -0.39 is 23.5 Å². The van der Waals surface area contributed by atoms with Crippen LogP contribution in [0.4, 0.5) is 0 Å². The molecule has 6 nitrogen and oxygen atoms in total. The van der Waals surface area contributed by atoms with E-state index in [0.717, 1.165) is 19.3 Å². The zero-order valence-corrected chi connectivity index (χ0v) is 16.4. The number of carbonyl (C=O) groups excluding carboxylic acids is 2. The lowest BCUT2D eigenvalue weighted by atomic mass is 9.83. The number of nitrogens with zero attached hydrogens (tertiary/aromatic N) is 1.